The monoisotopic (exact) mass is 369 g/mol. The first kappa shape index (κ1) is 17.9. The second kappa shape index (κ2) is 8.44. The summed E-state index contributed by atoms with van der Waals surface area (Å²) in [6.07, 6.45) is 4.16. The van der Waals surface area contributed by atoms with E-state index < -0.39 is 0 Å². The van der Waals surface area contributed by atoms with Crippen molar-refractivity contribution in [2.24, 2.45) is 0 Å². The molecule has 1 amide bonds. The summed E-state index contributed by atoms with van der Waals surface area (Å²) in [5.41, 5.74) is 2.32. The fourth-order valence-electron chi connectivity index (χ4n) is 2.51. The van der Waals surface area contributed by atoms with E-state index in [0.29, 0.717) is 30.0 Å². The molecular weight excluding hydrogens is 350 g/mol. The van der Waals surface area contributed by atoms with Crippen LogP contribution in [0.15, 0.2) is 48.1 Å². The van der Waals surface area contributed by atoms with Crippen LogP contribution in [0.1, 0.15) is 16.1 Å². The van der Waals surface area contributed by atoms with Gasteiger partial charge in [0, 0.05) is 36.3 Å². The van der Waals surface area contributed by atoms with Crippen molar-refractivity contribution < 1.29 is 14.3 Å². The van der Waals surface area contributed by atoms with Crippen LogP contribution in [0.3, 0.4) is 0 Å². The quantitative estimate of drug-likeness (QED) is 0.692. The second-order valence-electron chi connectivity index (χ2n) is 5.43. The maximum absolute atomic E-state index is 12.5. The van der Waals surface area contributed by atoms with Crippen molar-refractivity contribution in [3.63, 3.8) is 0 Å². The van der Waals surface area contributed by atoms with Crippen molar-refractivity contribution >= 4 is 17.2 Å². The highest BCUT2D eigenvalue weighted by Crippen LogP contribution is 2.28. The van der Waals surface area contributed by atoms with Gasteiger partial charge in [-0.3, -0.25) is 9.78 Å². The molecule has 0 aliphatic rings. The smallest absolute Gasteiger partial charge is 0.258 e. The van der Waals surface area contributed by atoms with Crippen molar-refractivity contribution in [2.45, 2.75) is 6.42 Å². The minimum atomic E-state index is -0.234. The van der Waals surface area contributed by atoms with Gasteiger partial charge in [-0.1, -0.05) is 6.07 Å². The lowest BCUT2D eigenvalue weighted by atomic mass is 10.1. The number of carbonyl (C=O) groups is 1. The summed E-state index contributed by atoms with van der Waals surface area (Å²) < 4.78 is 10.5. The molecule has 0 aliphatic carbocycles. The number of ether oxygens (including phenoxy) is 2. The van der Waals surface area contributed by atoms with Crippen LogP contribution in [0, 0.1) is 0 Å². The van der Waals surface area contributed by atoms with Crippen LogP contribution in [0.5, 0.6) is 11.5 Å². The Hall–Kier alpha value is -2.93. The highest BCUT2D eigenvalue weighted by Gasteiger charge is 2.17. The molecule has 3 rings (SSSR count). The lowest BCUT2D eigenvalue weighted by Gasteiger charge is -2.12. The minimum absolute atomic E-state index is 0.234. The number of benzene rings is 1. The van der Waals surface area contributed by atoms with E-state index in [1.165, 1.54) is 14.2 Å². The number of methoxy groups -OCH3 is 2. The zero-order chi connectivity index (χ0) is 18.4. The largest absolute Gasteiger partial charge is 0.496 e. The minimum Gasteiger partial charge on any atom is -0.496 e. The van der Waals surface area contributed by atoms with Gasteiger partial charge in [0.25, 0.3) is 5.91 Å². The number of hydrogen-bond acceptors (Lipinski definition) is 6. The summed E-state index contributed by atoms with van der Waals surface area (Å²) in [7, 11) is 3.06. The Labute approximate surface area is 155 Å². The number of pyridine rings is 1. The molecular formula is C19H19N3O3S. The number of aromatic nitrogens is 2. The molecule has 134 valence electrons. The van der Waals surface area contributed by atoms with E-state index in [9.17, 15) is 4.79 Å². The molecule has 7 heteroatoms. The predicted molar refractivity (Wildman–Crippen MR) is 101 cm³/mol. The zero-order valence-electron chi connectivity index (χ0n) is 14.6. The summed E-state index contributed by atoms with van der Waals surface area (Å²) in [5.74, 6) is 0.728. The molecule has 6 nitrogen and oxygen atoms in total. The highest BCUT2D eigenvalue weighted by atomic mass is 32.1. The number of thiazole rings is 1. The van der Waals surface area contributed by atoms with E-state index in [4.69, 9.17) is 9.47 Å². The predicted octanol–water partition coefficient (Wildman–Crippen LogP) is 3.19. The van der Waals surface area contributed by atoms with Crippen molar-refractivity contribution in [1.82, 2.24) is 15.3 Å². The number of carbonyl (C=O) groups excluding carboxylic acids is 1. The van der Waals surface area contributed by atoms with Crippen LogP contribution >= 0.6 is 11.3 Å². The standard InChI is InChI=1S/C19H19N3O3S/c1-24-15-6-3-7-16(25-2)17(15)18(23)21-10-8-14-12-26-19(22-14)13-5-4-9-20-11-13/h3-7,9,11-12H,8,10H2,1-2H3,(H,21,23). The van der Waals surface area contributed by atoms with E-state index in [0.717, 1.165) is 16.3 Å². The lowest BCUT2D eigenvalue weighted by Crippen LogP contribution is -2.26. The lowest BCUT2D eigenvalue weighted by molar-refractivity contribution is 0.0948. The molecule has 1 aromatic carbocycles. The topological polar surface area (TPSA) is 73.3 Å². The van der Waals surface area contributed by atoms with Gasteiger partial charge >= 0.3 is 0 Å². The summed E-state index contributed by atoms with van der Waals surface area (Å²) in [6.45, 7) is 0.469. The van der Waals surface area contributed by atoms with E-state index in [2.05, 4.69) is 15.3 Å². The first-order chi connectivity index (χ1) is 12.7. The molecule has 0 aliphatic heterocycles. The molecule has 0 atom stereocenters. The molecule has 26 heavy (non-hydrogen) atoms. The van der Waals surface area contributed by atoms with Gasteiger partial charge < -0.3 is 14.8 Å². The Morgan fingerprint density at radius 1 is 1.15 bits per heavy atom. The normalized spacial score (nSPS) is 10.4. The maximum Gasteiger partial charge on any atom is 0.258 e. The summed E-state index contributed by atoms with van der Waals surface area (Å²) in [5, 5.41) is 5.82. The molecule has 1 N–H and O–H groups in total. The maximum atomic E-state index is 12.5. The van der Waals surface area contributed by atoms with Crippen molar-refractivity contribution in [3.8, 4) is 22.1 Å². The molecule has 0 fully saturated rings. The third-order valence-corrected chi connectivity index (χ3v) is 4.72. The Balaban J connectivity index is 1.62. The van der Waals surface area contributed by atoms with Crippen LogP contribution in [0.25, 0.3) is 10.6 Å². The summed E-state index contributed by atoms with van der Waals surface area (Å²) in [4.78, 5) is 21.2. The average molecular weight is 369 g/mol. The number of nitrogens with zero attached hydrogens (tertiary/aromatic N) is 2. The molecule has 3 aromatic rings. The molecule has 0 radical (unpaired) electrons. The molecule has 2 heterocycles. The van der Waals surface area contributed by atoms with Crippen molar-refractivity contribution in [3.05, 3.63) is 59.4 Å². The van der Waals surface area contributed by atoms with E-state index >= 15 is 0 Å². The Morgan fingerprint density at radius 3 is 2.58 bits per heavy atom. The molecule has 0 saturated carbocycles. The fourth-order valence-corrected chi connectivity index (χ4v) is 3.36. The first-order valence-corrected chi connectivity index (χ1v) is 8.95. The van der Waals surface area contributed by atoms with Gasteiger partial charge in [-0.25, -0.2) is 4.98 Å². The van der Waals surface area contributed by atoms with E-state index in [1.807, 2.05) is 17.5 Å². The first-order valence-electron chi connectivity index (χ1n) is 8.07. The van der Waals surface area contributed by atoms with Crippen LogP contribution in [-0.4, -0.2) is 36.6 Å². The van der Waals surface area contributed by atoms with E-state index in [-0.39, 0.29) is 5.91 Å². The Morgan fingerprint density at radius 2 is 1.92 bits per heavy atom. The number of amides is 1. The number of nitrogens with one attached hydrogen (secondary N) is 1. The average Bonchev–Trinajstić information content (AvgIpc) is 3.16. The van der Waals surface area contributed by atoms with Crippen molar-refractivity contribution in [2.75, 3.05) is 20.8 Å². The molecule has 0 spiro atoms. The SMILES string of the molecule is COc1cccc(OC)c1C(=O)NCCc1csc(-c2cccnc2)n1. The van der Waals surface area contributed by atoms with Crippen LogP contribution in [0.4, 0.5) is 0 Å². The van der Waals surface area contributed by atoms with Gasteiger partial charge in [-0.05, 0) is 24.3 Å². The van der Waals surface area contributed by atoms with E-state index in [1.54, 1.807) is 41.9 Å². The van der Waals surface area contributed by atoms with Gasteiger partial charge in [-0.15, -0.1) is 11.3 Å². The van der Waals surface area contributed by atoms with Crippen molar-refractivity contribution in [1.29, 1.82) is 0 Å². The highest BCUT2D eigenvalue weighted by molar-refractivity contribution is 7.13. The van der Waals surface area contributed by atoms with Crippen LogP contribution < -0.4 is 14.8 Å². The third-order valence-electron chi connectivity index (χ3n) is 3.78. The molecule has 0 saturated heterocycles. The molecule has 0 unspecified atom stereocenters. The van der Waals surface area contributed by atoms with Gasteiger partial charge in [-0.2, -0.15) is 0 Å². The second-order valence-corrected chi connectivity index (χ2v) is 6.29. The summed E-state index contributed by atoms with van der Waals surface area (Å²) in [6, 6.07) is 9.11. The third kappa shape index (κ3) is 4.00. The van der Waals surface area contributed by atoms with Gasteiger partial charge in [0.15, 0.2) is 0 Å². The Bertz CT molecular complexity index is 858. The van der Waals surface area contributed by atoms with Gasteiger partial charge in [0.2, 0.25) is 0 Å². The van der Waals surface area contributed by atoms with Gasteiger partial charge in [0.1, 0.15) is 22.1 Å². The number of rotatable bonds is 7. The van der Waals surface area contributed by atoms with Crippen LogP contribution in [0.2, 0.25) is 0 Å². The zero-order valence-corrected chi connectivity index (χ0v) is 15.4. The van der Waals surface area contributed by atoms with Gasteiger partial charge in [0.05, 0.1) is 19.9 Å². The molecule has 2 aromatic heterocycles. The number of hydrogen-bond donors (Lipinski definition) is 1. The van der Waals surface area contributed by atoms with Crippen LogP contribution in [-0.2, 0) is 6.42 Å². The Kier molecular flexibility index (Phi) is 5.80. The fraction of sp³-hybridized carbons (Fsp3) is 0.211. The molecule has 0 bridgehead atoms. The summed E-state index contributed by atoms with van der Waals surface area (Å²) >= 11 is 1.57.